The number of amides is 4. The molecular formula is C14H22N4O15. The zero-order chi connectivity index (χ0) is 24.9. The van der Waals surface area contributed by atoms with Crippen molar-refractivity contribution in [2.24, 2.45) is 0 Å². The molecule has 3 aliphatic rings. The van der Waals surface area contributed by atoms with Gasteiger partial charge >= 0.3 is 12.1 Å². The first-order valence-corrected chi connectivity index (χ1v) is 9.13. The molecule has 0 radical (unpaired) electrons. The molecule has 0 saturated carbocycles. The summed E-state index contributed by atoms with van der Waals surface area (Å²) in [5.41, 5.74) is 0. The molecule has 10 atom stereocenters. The highest BCUT2D eigenvalue weighted by Crippen LogP contribution is 2.31. The number of aldehydes is 1. The smallest absolute Gasteiger partial charge is 0.329 e. The van der Waals surface area contributed by atoms with Crippen LogP contribution in [0.4, 0.5) is 9.59 Å². The van der Waals surface area contributed by atoms with Crippen LogP contribution >= 0.6 is 0 Å². The largest absolute Gasteiger partial charge is 0.369 e. The third-order valence-electron chi connectivity index (χ3n) is 5.12. The van der Waals surface area contributed by atoms with E-state index in [9.17, 15) is 65.4 Å². The standard InChI is InChI=1S/C14H22N4O15/c19-1-2(20)15-3(21)4(22)16(13(15)30)5(23)6(24)17-7(25)8(26)18(14(17)31)9(27)12-32-10(28)11(29)33-12/h1-12,20-29H. The Balaban J connectivity index is 1.79. The Morgan fingerprint density at radius 2 is 1.03 bits per heavy atom. The van der Waals surface area contributed by atoms with Gasteiger partial charge in [-0.25, -0.2) is 9.59 Å². The van der Waals surface area contributed by atoms with E-state index in [1.165, 1.54) is 0 Å². The van der Waals surface area contributed by atoms with Crippen LogP contribution < -0.4 is 0 Å². The molecule has 0 spiro atoms. The molecule has 188 valence electrons. The van der Waals surface area contributed by atoms with Gasteiger partial charge in [0.2, 0.25) is 18.9 Å². The molecule has 3 saturated heterocycles. The van der Waals surface area contributed by atoms with Crippen molar-refractivity contribution in [2.75, 3.05) is 0 Å². The normalized spacial score (nSPS) is 38.8. The highest BCUT2D eigenvalue weighted by Gasteiger charge is 2.57. The number of nitrogens with zero attached hydrogens (tertiary/aromatic N) is 4. The number of ether oxygens (including phenoxy) is 2. The Kier molecular flexibility index (Phi) is 7.05. The van der Waals surface area contributed by atoms with Gasteiger partial charge in [0.05, 0.1) is 0 Å². The molecule has 3 fully saturated rings. The van der Waals surface area contributed by atoms with Gasteiger partial charge in [-0.3, -0.25) is 24.4 Å². The van der Waals surface area contributed by atoms with Gasteiger partial charge in [0, 0.05) is 0 Å². The lowest BCUT2D eigenvalue weighted by Crippen LogP contribution is -2.58. The molecular weight excluding hydrogens is 464 g/mol. The fraction of sp³-hybridized carbons (Fsp3) is 0.786. The van der Waals surface area contributed by atoms with Crippen LogP contribution in [0.2, 0.25) is 0 Å². The number of carbonyl (C=O) groups is 3. The second-order valence-corrected chi connectivity index (χ2v) is 7.06. The minimum absolute atomic E-state index is 0.0339. The van der Waals surface area contributed by atoms with E-state index < -0.39 is 80.8 Å². The summed E-state index contributed by atoms with van der Waals surface area (Å²) in [7, 11) is 0. The molecule has 19 heteroatoms. The van der Waals surface area contributed by atoms with Crippen LogP contribution in [0.25, 0.3) is 0 Å². The Morgan fingerprint density at radius 3 is 1.45 bits per heavy atom. The summed E-state index contributed by atoms with van der Waals surface area (Å²) in [6.45, 7) is 0. The quantitative estimate of drug-likeness (QED) is 0.150. The SMILES string of the molecule is O=CC(O)N1C(=O)N(C(O)C(O)N2C(=O)N(C(O)C3OC(O)C(O)O3)C(O)C2O)C(O)C1O. The summed E-state index contributed by atoms with van der Waals surface area (Å²) < 4.78 is 9.27. The van der Waals surface area contributed by atoms with Gasteiger partial charge in [-0.05, 0) is 0 Å². The first-order chi connectivity index (χ1) is 15.3. The molecule has 10 N–H and O–H groups in total. The van der Waals surface area contributed by atoms with Crippen LogP contribution in [-0.4, -0.2) is 158 Å². The van der Waals surface area contributed by atoms with Gasteiger partial charge in [0.1, 0.15) is 0 Å². The van der Waals surface area contributed by atoms with Crippen molar-refractivity contribution in [1.82, 2.24) is 19.6 Å². The average Bonchev–Trinajstić information content (AvgIpc) is 3.30. The van der Waals surface area contributed by atoms with Crippen LogP contribution in [0.15, 0.2) is 0 Å². The summed E-state index contributed by atoms with van der Waals surface area (Å²) >= 11 is 0. The maximum Gasteiger partial charge on any atom is 0.329 e. The maximum atomic E-state index is 12.6. The fourth-order valence-corrected chi connectivity index (χ4v) is 3.44. The summed E-state index contributed by atoms with van der Waals surface area (Å²) in [6.07, 6.45) is -25.0. The summed E-state index contributed by atoms with van der Waals surface area (Å²) in [4.78, 5) is 35.7. The molecule has 3 rings (SSSR count). The molecule has 0 aliphatic carbocycles. The minimum Gasteiger partial charge on any atom is -0.369 e. The van der Waals surface area contributed by atoms with Crippen LogP contribution in [0.3, 0.4) is 0 Å². The molecule has 0 bridgehead atoms. The zero-order valence-corrected chi connectivity index (χ0v) is 16.2. The number of urea groups is 2. The van der Waals surface area contributed by atoms with E-state index in [0.29, 0.717) is 0 Å². The van der Waals surface area contributed by atoms with Crippen molar-refractivity contribution in [1.29, 1.82) is 0 Å². The lowest BCUT2D eigenvalue weighted by molar-refractivity contribution is -0.222. The van der Waals surface area contributed by atoms with Crippen molar-refractivity contribution in [3.63, 3.8) is 0 Å². The van der Waals surface area contributed by atoms with E-state index in [1.807, 2.05) is 0 Å². The Bertz CT molecular complexity index is 765. The van der Waals surface area contributed by atoms with Crippen LogP contribution in [0.1, 0.15) is 0 Å². The van der Waals surface area contributed by atoms with E-state index in [1.54, 1.807) is 0 Å². The number of aliphatic hydroxyl groups is 10. The molecule has 3 aliphatic heterocycles. The third-order valence-corrected chi connectivity index (χ3v) is 5.12. The molecule has 0 aromatic carbocycles. The molecule has 3 heterocycles. The number of aliphatic hydroxyl groups excluding tert-OH is 10. The van der Waals surface area contributed by atoms with Crippen molar-refractivity contribution in [3.8, 4) is 0 Å². The third kappa shape index (κ3) is 3.99. The molecule has 19 nitrogen and oxygen atoms in total. The van der Waals surface area contributed by atoms with Gasteiger partial charge in [0.25, 0.3) is 0 Å². The maximum absolute atomic E-state index is 12.6. The molecule has 0 aromatic heterocycles. The second kappa shape index (κ2) is 9.17. The van der Waals surface area contributed by atoms with Gasteiger partial charge < -0.3 is 60.5 Å². The predicted molar refractivity (Wildman–Crippen MR) is 90.2 cm³/mol. The molecule has 33 heavy (non-hydrogen) atoms. The Hall–Kier alpha value is -2.27. The van der Waals surface area contributed by atoms with E-state index >= 15 is 0 Å². The van der Waals surface area contributed by atoms with E-state index in [0.717, 1.165) is 0 Å². The average molecular weight is 486 g/mol. The second-order valence-electron chi connectivity index (χ2n) is 7.06. The van der Waals surface area contributed by atoms with Crippen molar-refractivity contribution in [2.45, 2.75) is 68.7 Å². The predicted octanol–water partition coefficient (Wildman–Crippen LogP) is -7.78. The van der Waals surface area contributed by atoms with Gasteiger partial charge in [-0.15, -0.1) is 0 Å². The summed E-state index contributed by atoms with van der Waals surface area (Å²) in [5.74, 6) is 0. The van der Waals surface area contributed by atoms with Crippen LogP contribution in [0, 0.1) is 0 Å². The Morgan fingerprint density at radius 1 is 0.667 bits per heavy atom. The highest BCUT2D eigenvalue weighted by atomic mass is 16.8. The number of carbonyl (C=O) groups excluding carboxylic acids is 3. The van der Waals surface area contributed by atoms with Gasteiger partial charge in [-0.1, -0.05) is 0 Å². The van der Waals surface area contributed by atoms with Gasteiger partial charge in [0.15, 0.2) is 56.1 Å². The number of rotatable bonds is 7. The van der Waals surface area contributed by atoms with Crippen LogP contribution in [0.5, 0.6) is 0 Å². The van der Waals surface area contributed by atoms with Crippen molar-refractivity contribution < 1.29 is 74.9 Å². The minimum atomic E-state index is -2.62. The zero-order valence-electron chi connectivity index (χ0n) is 16.2. The Labute approximate surface area is 182 Å². The van der Waals surface area contributed by atoms with Crippen molar-refractivity contribution >= 4 is 18.3 Å². The van der Waals surface area contributed by atoms with E-state index in [2.05, 4.69) is 9.47 Å². The van der Waals surface area contributed by atoms with E-state index in [-0.39, 0.29) is 25.9 Å². The molecule has 0 aromatic rings. The van der Waals surface area contributed by atoms with Crippen LogP contribution in [-0.2, 0) is 14.3 Å². The summed E-state index contributed by atoms with van der Waals surface area (Å²) in [5, 5.41) is 99.1. The topological polar surface area (TPSA) is 285 Å². The molecule has 10 unspecified atom stereocenters. The highest BCUT2D eigenvalue weighted by molar-refractivity contribution is 5.81. The monoisotopic (exact) mass is 486 g/mol. The van der Waals surface area contributed by atoms with E-state index in [4.69, 9.17) is 0 Å². The first kappa shape index (κ1) is 25.4. The fourth-order valence-electron chi connectivity index (χ4n) is 3.44. The van der Waals surface area contributed by atoms with Gasteiger partial charge in [-0.2, -0.15) is 0 Å². The first-order valence-electron chi connectivity index (χ1n) is 9.13. The number of hydrogen-bond acceptors (Lipinski definition) is 15. The molecule has 4 amide bonds. The van der Waals surface area contributed by atoms with Crippen molar-refractivity contribution in [3.05, 3.63) is 0 Å². The lowest BCUT2D eigenvalue weighted by atomic mass is 10.3. The lowest BCUT2D eigenvalue weighted by Gasteiger charge is -2.34. The summed E-state index contributed by atoms with van der Waals surface area (Å²) in [6, 6.07) is -3.14. The number of hydrogen-bond donors (Lipinski definition) is 10.